The lowest BCUT2D eigenvalue weighted by atomic mass is 10.2. The maximum Gasteiger partial charge on any atom is 0.277 e. The molecule has 0 spiro atoms. The maximum absolute atomic E-state index is 12.2. The van der Waals surface area contributed by atoms with Crippen LogP contribution in [0.15, 0.2) is 72.0 Å². The first kappa shape index (κ1) is 21.7. The van der Waals surface area contributed by atoms with E-state index < -0.39 is 10.8 Å². The molecule has 2 aromatic carbocycles. The van der Waals surface area contributed by atoms with Gasteiger partial charge in [-0.1, -0.05) is 18.2 Å². The second-order valence-corrected chi connectivity index (χ2v) is 7.35. The number of carbonyl (C=O) groups is 1. The lowest BCUT2D eigenvalue weighted by Crippen LogP contribution is -2.24. The molecule has 0 aliphatic rings. The van der Waals surface area contributed by atoms with Gasteiger partial charge in [0.15, 0.2) is 6.61 Å². The fourth-order valence-electron chi connectivity index (χ4n) is 3.58. The number of hydrogen-bond donors (Lipinski definition) is 1. The minimum atomic E-state index is -0.430. The molecular weight excluding hydrogens is 422 g/mol. The van der Waals surface area contributed by atoms with Crippen LogP contribution < -0.4 is 10.2 Å². The Kier molecular flexibility index (Phi) is 6.12. The molecule has 9 heteroatoms. The van der Waals surface area contributed by atoms with Gasteiger partial charge in [0.25, 0.3) is 11.6 Å². The van der Waals surface area contributed by atoms with Gasteiger partial charge in [-0.05, 0) is 44.2 Å². The number of non-ortho nitro benzene ring substituents is 1. The number of nitro benzene ring substituents is 1. The molecule has 166 valence electrons. The minimum Gasteiger partial charge on any atom is -0.481 e. The number of hydrazone groups is 1. The third kappa shape index (κ3) is 4.72. The SMILES string of the molecule is Cc1cc(/C=N\NC(=O)COc2cccc3cccnc23)c(C)n1-c1ccc([N+](=O)[O-])cc1. The summed E-state index contributed by atoms with van der Waals surface area (Å²) in [6.45, 7) is 3.64. The van der Waals surface area contributed by atoms with Crippen LogP contribution in [0.5, 0.6) is 5.75 Å². The Labute approximate surface area is 189 Å². The molecule has 9 nitrogen and oxygen atoms in total. The summed E-state index contributed by atoms with van der Waals surface area (Å²) in [6, 6.07) is 17.5. The van der Waals surface area contributed by atoms with Gasteiger partial charge in [0.2, 0.25) is 0 Å². The predicted molar refractivity (Wildman–Crippen MR) is 125 cm³/mol. The van der Waals surface area contributed by atoms with Crippen molar-refractivity contribution in [3.05, 3.63) is 93.9 Å². The molecular formula is C24H21N5O4. The monoisotopic (exact) mass is 443 g/mol. The quantitative estimate of drug-likeness (QED) is 0.263. The highest BCUT2D eigenvalue weighted by Crippen LogP contribution is 2.23. The number of carbonyl (C=O) groups excluding carboxylic acids is 1. The standard InChI is InChI=1S/C24H21N5O4/c1-16-13-19(17(2)28(16)20-8-10-21(11-9-20)29(31)32)14-26-27-23(30)15-33-22-7-3-5-18-6-4-12-25-24(18)22/h3-14H,15H2,1-2H3,(H,27,30)/b26-14-. The third-order valence-electron chi connectivity index (χ3n) is 5.14. The van der Waals surface area contributed by atoms with Gasteiger partial charge in [0.05, 0.1) is 11.1 Å². The summed E-state index contributed by atoms with van der Waals surface area (Å²) in [6.07, 6.45) is 3.23. The molecule has 4 aromatic rings. The number of rotatable bonds is 7. The third-order valence-corrected chi connectivity index (χ3v) is 5.14. The van der Waals surface area contributed by atoms with Gasteiger partial charge < -0.3 is 9.30 Å². The Morgan fingerprint density at radius 1 is 1.18 bits per heavy atom. The number of amides is 1. The van der Waals surface area contributed by atoms with E-state index in [1.165, 1.54) is 12.1 Å². The topological polar surface area (TPSA) is 112 Å². The molecule has 0 aliphatic carbocycles. The maximum atomic E-state index is 12.2. The lowest BCUT2D eigenvalue weighted by molar-refractivity contribution is -0.384. The molecule has 0 bridgehead atoms. The normalized spacial score (nSPS) is 11.1. The Bertz CT molecular complexity index is 1350. The average Bonchev–Trinajstić information content (AvgIpc) is 3.10. The van der Waals surface area contributed by atoms with E-state index in [1.807, 2.05) is 48.7 Å². The summed E-state index contributed by atoms with van der Waals surface area (Å²) < 4.78 is 7.58. The number of benzene rings is 2. The molecule has 1 amide bonds. The van der Waals surface area contributed by atoms with Crippen molar-refractivity contribution < 1.29 is 14.5 Å². The molecule has 0 unspecified atom stereocenters. The summed E-state index contributed by atoms with van der Waals surface area (Å²) in [5.41, 5.74) is 6.62. The van der Waals surface area contributed by atoms with Crippen molar-refractivity contribution in [3.8, 4) is 11.4 Å². The van der Waals surface area contributed by atoms with Crippen molar-refractivity contribution in [1.82, 2.24) is 15.0 Å². The number of nitro groups is 1. The number of nitrogens with zero attached hydrogens (tertiary/aromatic N) is 4. The molecule has 0 saturated heterocycles. The first-order valence-electron chi connectivity index (χ1n) is 10.2. The number of pyridine rings is 1. The number of fused-ring (bicyclic) bond motifs is 1. The van der Waals surface area contributed by atoms with Crippen LogP contribution >= 0.6 is 0 Å². The zero-order valence-corrected chi connectivity index (χ0v) is 18.1. The van der Waals surface area contributed by atoms with E-state index in [0.717, 1.165) is 28.0 Å². The van der Waals surface area contributed by atoms with Gasteiger partial charge in [-0.3, -0.25) is 19.9 Å². The molecule has 2 heterocycles. The highest BCUT2D eigenvalue weighted by Gasteiger charge is 2.12. The highest BCUT2D eigenvalue weighted by molar-refractivity contribution is 5.86. The van der Waals surface area contributed by atoms with Gasteiger partial charge in [0, 0.05) is 46.4 Å². The largest absolute Gasteiger partial charge is 0.481 e. The van der Waals surface area contributed by atoms with Crippen LogP contribution in [0.25, 0.3) is 16.6 Å². The number of nitrogens with one attached hydrogen (secondary N) is 1. The summed E-state index contributed by atoms with van der Waals surface area (Å²) in [7, 11) is 0. The van der Waals surface area contributed by atoms with Crippen LogP contribution in [0.3, 0.4) is 0 Å². The van der Waals surface area contributed by atoms with Gasteiger partial charge in [-0.25, -0.2) is 5.43 Å². The summed E-state index contributed by atoms with van der Waals surface area (Å²) in [5, 5.41) is 15.8. The van der Waals surface area contributed by atoms with E-state index in [9.17, 15) is 14.9 Å². The zero-order valence-electron chi connectivity index (χ0n) is 18.1. The van der Waals surface area contributed by atoms with Crippen LogP contribution in [0, 0.1) is 24.0 Å². The molecule has 33 heavy (non-hydrogen) atoms. The van der Waals surface area contributed by atoms with Gasteiger partial charge in [0.1, 0.15) is 11.3 Å². The Morgan fingerprint density at radius 2 is 1.94 bits per heavy atom. The smallest absolute Gasteiger partial charge is 0.277 e. The molecule has 4 rings (SSSR count). The number of hydrogen-bond acceptors (Lipinski definition) is 6. The van der Waals surface area contributed by atoms with E-state index in [4.69, 9.17) is 4.74 Å². The van der Waals surface area contributed by atoms with Gasteiger partial charge in [-0.2, -0.15) is 5.10 Å². The van der Waals surface area contributed by atoms with Crippen molar-refractivity contribution >= 4 is 28.7 Å². The summed E-state index contributed by atoms with van der Waals surface area (Å²) in [5.74, 6) is 0.127. The second kappa shape index (κ2) is 9.31. The van der Waals surface area contributed by atoms with Crippen LogP contribution in [0.1, 0.15) is 17.0 Å². The van der Waals surface area contributed by atoms with Crippen molar-refractivity contribution in [3.63, 3.8) is 0 Å². The van der Waals surface area contributed by atoms with E-state index in [0.29, 0.717) is 11.3 Å². The van der Waals surface area contributed by atoms with Crippen LogP contribution in [-0.4, -0.2) is 33.2 Å². The van der Waals surface area contributed by atoms with Crippen molar-refractivity contribution in [2.75, 3.05) is 6.61 Å². The summed E-state index contributed by atoms with van der Waals surface area (Å²) >= 11 is 0. The molecule has 2 aromatic heterocycles. The van der Waals surface area contributed by atoms with Crippen LogP contribution in [0.2, 0.25) is 0 Å². The number of ether oxygens (including phenoxy) is 1. The zero-order chi connectivity index (χ0) is 23.4. The molecule has 0 aliphatic heterocycles. The van der Waals surface area contributed by atoms with E-state index >= 15 is 0 Å². The molecule has 0 saturated carbocycles. The number of para-hydroxylation sites is 1. The van der Waals surface area contributed by atoms with E-state index in [-0.39, 0.29) is 12.3 Å². The molecule has 0 radical (unpaired) electrons. The predicted octanol–water partition coefficient (Wildman–Crippen LogP) is 4.08. The molecule has 1 N–H and O–H groups in total. The lowest BCUT2D eigenvalue weighted by Gasteiger charge is -2.09. The Balaban J connectivity index is 1.40. The number of aromatic nitrogens is 2. The molecule has 0 fully saturated rings. The summed E-state index contributed by atoms with van der Waals surface area (Å²) in [4.78, 5) is 26.9. The highest BCUT2D eigenvalue weighted by atomic mass is 16.6. The minimum absolute atomic E-state index is 0.0345. The first-order valence-corrected chi connectivity index (χ1v) is 10.2. The van der Waals surface area contributed by atoms with E-state index in [2.05, 4.69) is 15.5 Å². The Hall–Kier alpha value is -4.53. The molecule has 0 atom stereocenters. The average molecular weight is 443 g/mol. The van der Waals surface area contributed by atoms with Crippen molar-refractivity contribution in [1.29, 1.82) is 0 Å². The first-order chi connectivity index (χ1) is 15.9. The van der Waals surface area contributed by atoms with Crippen LogP contribution in [0.4, 0.5) is 5.69 Å². The van der Waals surface area contributed by atoms with Crippen LogP contribution in [-0.2, 0) is 4.79 Å². The van der Waals surface area contributed by atoms with Gasteiger partial charge >= 0.3 is 0 Å². The fourth-order valence-corrected chi connectivity index (χ4v) is 3.58. The fraction of sp³-hybridized carbons (Fsp3) is 0.125. The van der Waals surface area contributed by atoms with E-state index in [1.54, 1.807) is 30.6 Å². The van der Waals surface area contributed by atoms with Crippen molar-refractivity contribution in [2.45, 2.75) is 13.8 Å². The van der Waals surface area contributed by atoms with Gasteiger partial charge in [-0.15, -0.1) is 0 Å². The van der Waals surface area contributed by atoms with Crippen molar-refractivity contribution in [2.24, 2.45) is 5.10 Å². The Morgan fingerprint density at radius 3 is 2.70 bits per heavy atom. The second-order valence-electron chi connectivity index (χ2n) is 7.35. The number of aryl methyl sites for hydroxylation is 1.